The van der Waals surface area contributed by atoms with Crippen LogP contribution in [0.4, 0.5) is 5.82 Å². The largest absolute Gasteiger partial charge is 0.382 e. The summed E-state index contributed by atoms with van der Waals surface area (Å²) in [4.78, 5) is 40.2. The third-order valence-corrected chi connectivity index (χ3v) is 18.2. The molecule has 2 fully saturated rings. The van der Waals surface area contributed by atoms with Crippen molar-refractivity contribution in [2.24, 2.45) is 0 Å². The molecular weight excluding hydrogens is 779 g/mol. The Bertz CT molecular complexity index is 2080. The molecule has 0 aliphatic carbocycles. The molecule has 0 radical (unpaired) electrons. The molecule has 5 heterocycles. The molecule has 0 aromatic carbocycles. The molecule has 0 amide bonds. The van der Waals surface area contributed by atoms with Gasteiger partial charge in [-0.2, -0.15) is 0 Å². The fourth-order valence-corrected chi connectivity index (χ4v) is 12.6. The molecule has 21 nitrogen and oxygen atoms in total. The van der Waals surface area contributed by atoms with E-state index in [0.29, 0.717) is 11.2 Å². The summed E-state index contributed by atoms with van der Waals surface area (Å²) in [5.41, 5.74) is 5.36. The summed E-state index contributed by atoms with van der Waals surface area (Å²) in [5.74, 6) is 0.180. The molecule has 6 atom stereocenters. The highest BCUT2D eigenvalue weighted by molar-refractivity contribution is 7.60. The zero-order valence-electron chi connectivity index (χ0n) is 33.0. The smallest absolute Gasteiger partial charge is 0.345 e. The molecule has 55 heavy (non-hydrogen) atoms. The number of nitrogens with one attached hydrogen (secondary N) is 1. The highest BCUT2D eigenvalue weighted by atomic mass is 31.2. The molecular formula is C31H54N11O10P3. The van der Waals surface area contributed by atoms with Crippen LogP contribution in [0, 0.1) is 6.92 Å². The maximum Gasteiger partial charge on any atom is 0.345 e. The Labute approximate surface area is 320 Å². The quantitative estimate of drug-likeness (QED) is 0.210. The summed E-state index contributed by atoms with van der Waals surface area (Å²) in [6, 6.07) is 0. The van der Waals surface area contributed by atoms with Crippen molar-refractivity contribution in [3.8, 4) is 0 Å². The van der Waals surface area contributed by atoms with Crippen LogP contribution in [0.5, 0.6) is 0 Å². The molecule has 0 saturated carbocycles. The Hall–Kier alpha value is -2.64. The Morgan fingerprint density at radius 2 is 1.40 bits per heavy atom. The molecule has 3 aromatic rings. The lowest BCUT2D eigenvalue weighted by atomic mass is 10.3. The van der Waals surface area contributed by atoms with Crippen molar-refractivity contribution in [2.45, 2.75) is 70.6 Å². The van der Waals surface area contributed by atoms with Crippen LogP contribution in [0.1, 0.15) is 45.7 Å². The number of hydrogen-bond acceptors (Lipinski definition) is 14. The van der Waals surface area contributed by atoms with Crippen LogP contribution in [0.3, 0.4) is 0 Å². The van der Waals surface area contributed by atoms with E-state index in [1.165, 1.54) is 39.9 Å². The minimum atomic E-state index is -3.94. The van der Waals surface area contributed by atoms with E-state index in [4.69, 9.17) is 28.8 Å². The second-order valence-corrected chi connectivity index (χ2v) is 23.4. The summed E-state index contributed by atoms with van der Waals surface area (Å²) in [6.07, 6.45) is 0.747. The van der Waals surface area contributed by atoms with Crippen molar-refractivity contribution in [3.63, 3.8) is 0 Å². The first kappa shape index (κ1) is 43.5. The van der Waals surface area contributed by atoms with Crippen molar-refractivity contribution in [1.29, 1.82) is 0 Å². The van der Waals surface area contributed by atoms with Crippen molar-refractivity contribution < 1.29 is 36.7 Å². The van der Waals surface area contributed by atoms with Crippen molar-refractivity contribution in [2.75, 3.05) is 80.4 Å². The zero-order chi connectivity index (χ0) is 40.6. The third kappa shape index (κ3) is 8.78. The van der Waals surface area contributed by atoms with E-state index in [1.807, 2.05) is 27.7 Å². The van der Waals surface area contributed by atoms with Gasteiger partial charge in [-0.1, -0.05) is 27.7 Å². The van der Waals surface area contributed by atoms with Crippen molar-refractivity contribution in [3.05, 3.63) is 45.3 Å². The second-order valence-electron chi connectivity index (χ2n) is 14.5. The van der Waals surface area contributed by atoms with E-state index >= 15 is 4.57 Å². The van der Waals surface area contributed by atoms with E-state index in [2.05, 4.69) is 19.9 Å². The lowest BCUT2D eigenvalue weighted by Crippen LogP contribution is -2.50. The molecule has 2 aliphatic heterocycles. The average molecular weight is 834 g/mol. The molecule has 0 spiro atoms. The number of anilines is 1. The minimum absolute atomic E-state index is 0.0222. The Kier molecular flexibility index (Phi) is 13.5. The van der Waals surface area contributed by atoms with Gasteiger partial charge in [0.05, 0.1) is 44.8 Å². The molecule has 308 valence electrons. The number of aromatic nitrogens is 6. The number of nitrogen functional groups attached to an aromatic ring is 1. The maximum atomic E-state index is 15.2. The van der Waals surface area contributed by atoms with Gasteiger partial charge in [-0.25, -0.2) is 38.4 Å². The van der Waals surface area contributed by atoms with Gasteiger partial charge in [0.25, 0.3) is 5.56 Å². The Balaban J connectivity index is 1.47. The number of hydrogen-bond donors (Lipinski definition) is 2. The lowest BCUT2D eigenvalue weighted by Gasteiger charge is -2.45. The lowest BCUT2D eigenvalue weighted by molar-refractivity contribution is -0.126. The minimum Gasteiger partial charge on any atom is -0.382 e. The van der Waals surface area contributed by atoms with Gasteiger partial charge in [-0.15, -0.1) is 0 Å². The molecule has 2 aliphatic rings. The number of morpholine rings is 2. The van der Waals surface area contributed by atoms with Crippen LogP contribution in [-0.4, -0.2) is 146 Å². The standard InChI is InChI=1S/C31H54N11O10P3/c1-20(2)53(45,21(3)4)49-16-23-13-40(15-26(52-23)42-19-35-27-28(32)33-18-34-29(27)42)55(47,38(8)9)50-17-24-12-39(54(46,48-10)37(6)7)14-25(51-24)41-11-22(5)30(43)36-31(41)44/h11,18-21,23-26H,12-17H2,1-10H3,(H2,32,33,34)(H,36,43,44)/t23-,24-,25+,26+,54?,55?/m0/s1. The first-order chi connectivity index (χ1) is 25.7. The van der Waals surface area contributed by atoms with Gasteiger partial charge in [0.15, 0.2) is 17.7 Å². The number of fused-ring (bicyclic) bond motifs is 1. The van der Waals surface area contributed by atoms with Gasteiger partial charge in [-0.05, 0) is 35.1 Å². The van der Waals surface area contributed by atoms with Crippen molar-refractivity contribution in [1.82, 2.24) is 47.8 Å². The average Bonchev–Trinajstić information content (AvgIpc) is 3.59. The van der Waals surface area contributed by atoms with Crippen molar-refractivity contribution >= 4 is 39.7 Å². The fraction of sp³-hybridized carbons (Fsp3) is 0.710. The van der Waals surface area contributed by atoms with Crippen LogP contribution in [0.15, 0.2) is 28.4 Å². The molecule has 0 bridgehead atoms. The molecule has 3 N–H and O–H groups in total. The van der Waals surface area contributed by atoms with E-state index in [9.17, 15) is 18.7 Å². The number of aryl methyl sites for hydroxylation is 1. The maximum absolute atomic E-state index is 15.2. The number of H-pyrrole nitrogens is 1. The van der Waals surface area contributed by atoms with Gasteiger partial charge < -0.3 is 28.8 Å². The molecule has 24 heteroatoms. The summed E-state index contributed by atoms with van der Waals surface area (Å²) >= 11 is 0. The van der Waals surface area contributed by atoms with E-state index in [-0.39, 0.29) is 62.1 Å². The normalized spacial score (nSPS) is 24.3. The van der Waals surface area contributed by atoms with Crippen LogP contribution < -0.4 is 17.0 Å². The SMILES string of the molecule is COP(=O)(N(C)C)N1C[C@@H](COP(=O)(N(C)C)N2C[C@@H](COP(=O)(C(C)C)C(C)C)O[C@@H](n3cnc4c(N)ncnc43)C2)O[C@@H](n2cc(C)c(=O)[nH]c2=O)C1. The number of aromatic amines is 1. The molecule has 5 rings (SSSR count). The molecule has 3 aromatic heterocycles. The predicted octanol–water partition coefficient (Wildman–Crippen LogP) is 2.78. The molecule has 2 unspecified atom stereocenters. The van der Waals surface area contributed by atoms with E-state index in [1.54, 1.807) is 49.0 Å². The van der Waals surface area contributed by atoms with Crippen LogP contribution in [0.25, 0.3) is 11.2 Å². The van der Waals surface area contributed by atoms with Gasteiger partial charge in [0.1, 0.15) is 18.1 Å². The Morgan fingerprint density at radius 1 is 0.855 bits per heavy atom. The number of nitrogens with zero attached hydrogens (tertiary/aromatic N) is 9. The highest BCUT2D eigenvalue weighted by Crippen LogP contribution is 2.58. The third-order valence-electron chi connectivity index (χ3n) is 9.71. The molecule has 2 saturated heterocycles. The monoisotopic (exact) mass is 833 g/mol. The van der Waals surface area contributed by atoms with Crippen LogP contribution in [-0.2, 0) is 36.7 Å². The highest BCUT2D eigenvalue weighted by Gasteiger charge is 2.46. The van der Waals surface area contributed by atoms with E-state index in [0.717, 1.165) is 0 Å². The first-order valence-electron chi connectivity index (χ1n) is 17.8. The summed E-state index contributed by atoms with van der Waals surface area (Å²) in [7, 11) is -2.88. The van der Waals surface area contributed by atoms with Gasteiger partial charge in [-0.3, -0.25) is 32.6 Å². The summed E-state index contributed by atoms with van der Waals surface area (Å²) < 4.78 is 83.1. The first-order valence-corrected chi connectivity index (χ1v) is 22.6. The number of ether oxygens (including phenoxy) is 2. The number of imidazole rings is 1. The number of nitrogens with two attached hydrogens (primary N) is 1. The second kappa shape index (κ2) is 17.1. The van der Waals surface area contributed by atoms with Gasteiger partial charge in [0, 0.05) is 43.3 Å². The fourth-order valence-electron chi connectivity index (χ4n) is 6.64. The van der Waals surface area contributed by atoms with Crippen LogP contribution in [0.2, 0.25) is 0 Å². The van der Waals surface area contributed by atoms with Crippen LogP contribution >= 0.6 is 22.7 Å². The van der Waals surface area contributed by atoms with Gasteiger partial charge in [0.2, 0.25) is 7.37 Å². The summed E-state index contributed by atoms with van der Waals surface area (Å²) in [6.45, 7) is 8.72. The Morgan fingerprint density at radius 3 is 1.95 bits per heavy atom. The summed E-state index contributed by atoms with van der Waals surface area (Å²) in [5, 5.41) is 0. The van der Waals surface area contributed by atoms with Gasteiger partial charge >= 0.3 is 21.0 Å². The topological polar surface area (TPSA) is 235 Å². The van der Waals surface area contributed by atoms with E-state index < -0.39 is 58.6 Å². The predicted molar refractivity (Wildman–Crippen MR) is 206 cm³/mol. The zero-order valence-corrected chi connectivity index (χ0v) is 35.6. The number of rotatable bonds is 15.